The first-order chi connectivity index (χ1) is 11.8. The largest absolute Gasteiger partial charge is 0.338 e. The Labute approximate surface area is 142 Å². The molecule has 1 aliphatic heterocycles. The number of nitrogens with one attached hydrogen (secondary N) is 2. The van der Waals surface area contributed by atoms with Crippen LogP contribution in [0, 0.1) is 0 Å². The molecule has 7 nitrogen and oxygen atoms in total. The predicted molar refractivity (Wildman–Crippen MR) is 91.3 cm³/mol. The molecule has 0 radical (unpaired) electrons. The first-order valence-corrected chi connectivity index (χ1v) is 8.42. The summed E-state index contributed by atoms with van der Waals surface area (Å²) in [4.78, 5) is 18.2. The number of hydrogen-bond acceptors (Lipinski definition) is 4. The molecule has 0 bridgehead atoms. The van der Waals surface area contributed by atoms with Gasteiger partial charge in [0.15, 0.2) is 0 Å². The van der Waals surface area contributed by atoms with Crippen molar-refractivity contribution >= 4 is 6.03 Å². The van der Waals surface area contributed by atoms with Crippen molar-refractivity contribution in [2.45, 2.75) is 32.0 Å². The molecule has 24 heavy (non-hydrogen) atoms. The molecule has 2 aromatic rings. The second-order valence-electron chi connectivity index (χ2n) is 6.12. The average molecular weight is 328 g/mol. The van der Waals surface area contributed by atoms with Crippen molar-refractivity contribution in [3.8, 4) is 0 Å². The molecule has 1 atom stereocenters. The summed E-state index contributed by atoms with van der Waals surface area (Å²) in [6, 6.07) is 10.6. The van der Waals surface area contributed by atoms with Crippen molar-refractivity contribution in [1.29, 1.82) is 0 Å². The first-order valence-electron chi connectivity index (χ1n) is 8.42. The molecule has 1 fully saturated rings. The van der Waals surface area contributed by atoms with Gasteiger partial charge in [-0.25, -0.2) is 9.78 Å². The molecule has 2 heterocycles. The number of amides is 2. The van der Waals surface area contributed by atoms with Crippen LogP contribution in [0.15, 0.2) is 43.0 Å². The van der Waals surface area contributed by atoms with Crippen molar-refractivity contribution in [3.63, 3.8) is 0 Å². The van der Waals surface area contributed by atoms with Gasteiger partial charge in [0, 0.05) is 38.8 Å². The Balaban J connectivity index is 1.31. The van der Waals surface area contributed by atoms with Crippen LogP contribution in [0.5, 0.6) is 0 Å². The zero-order valence-corrected chi connectivity index (χ0v) is 13.8. The van der Waals surface area contributed by atoms with Crippen LogP contribution >= 0.6 is 0 Å². The zero-order chi connectivity index (χ0) is 16.6. The Bertz CT molecular complexity index is 615. The van der Waals surface area contributed by atoms with E-state index in [1.165, 1.54) is 11.9 Å². The number of rotatable bonds is 7. The summed E-state index contributed by atoms with van der Waals surface area (Å²) in [5, 5.41) is 10.00. The van der Waals surface area contributed by atoms with E-state index in [4.69, 9.17) is 0 Å². The van der Waals surface area contributed by atoms with E-state index in [0.29, 0.717) is 6.54 Å². The van der Waals surface area contributed by atoms with Crippen LogP contribution in [0.2, 0.25) is 0 Å². The summed E-state index contributed by atoms with van der Waals surface area (Å²) in [5.41, 5.74) is 1.32. The van der Waals surface area contributed by atoms with Crippen LogP contribution in [0.25, 0.3) is 0 Å². The van der Waals surface area contributed by atoms with Gasteiger partial charge in [0.1, 0.15) is 12.7 Å². The van der Waals surface area contributed by atoms with Gasteiger partial charge >= 0.3 is 6.03 Å². The van der Waals surface area contributed by atoms with Gasteiger partial charge < -0.3 is 10.6 Å². The Kier molecular flexibility index (Phi) is 5.79. The van der Waals surface area contributed by atoms with Gasteiger partial charge in [-0.15, -0.1) is 0 Å². The molecule has 1 aromatic heterocycles. The van der Waals surface area contributed by atoms with Crippen molar-refractivity contribution in [3.05, 3.63) is 48.5 Å². The molecule has 0 saturated carbocycles. The zero-order valence-electron chi connectivity index (χ0n) is 13.8. The molecule has 0 unspecified atom stereocenters. The second kappa shape index (κ2) is 8.44. The molecule has 1 aliphatic rings. The third kappa shape index (κ3) is 5.06. The maximum atomic E-state index is 11.9. The molecule has 1 saturated heterocycles. The number of benzene rings is 1. The van der Waals surface area contributed by atoms with Crippen LogP contribution in [0.1, 0.15) is 18.4 Å². The molecule has 128 valence electrons. The highest BCUT2D eigenvalue weighted by Gasteiger charge is 2.23. The van der Waals surface area contributed by atoms with Crippen molar-refractivity contribution in [1.82, 2.24) is 30.3 Å². The van der Waals surface area contributed by atoms with E-state index >= 15 is 0 Å². The second-order valence-corrected chi connectivity index (χ2v) is 6.12. The number of urea groups is 1. The standard InChI is InChI=1S/C17H24N6O/c24-17(19-8-4-9-23-14-18-13-20-23)21-16-7-10-22(12-16)11-15-5-2-1-3-6-15/h1-3,5-6,13-14,16H,4,7-12H2,(H2,19,21,24)/t16-/m0/s1. The van der Waals surface area contributed by atoms with Gasteiger partial charge in [0.25, 0.3) is 0 Å². The van der Waals surface area contributed by atoms with Crippen LogP contribution in [-0.4, -0.2) is 51.4 Å². The fourth-order valence-corrected chi connectivity index (χ4v) is 2.96. The van der Waals surface area contributed by atoms with E-state index in [-0.39, 0.29) is 12.1 Å². The highest BCUT2D eigenvalue weighted by atomic mass is 16.2. The summed E-state index contributed by atoms with van der Waals surface area (Å²) in [6.07, 6.45) is 5.03. The quantitative estimate of drug-likeness (QED) is 0.750. The Morgan fingerprint density at radius 1 is 1.29 bits per heavy atom. The number of aromatic nitrogens is 3. The Morgan fingerprint density at radius 3 is 2.96 bits per heavy atom. The monoisotopic (exact) mass is 328 g/mol. The fourth-order valence-electron chi connectivity index (χ4n) is 2.96. The van der Waals surface area contributed by atoms with Crippen molar-refractivity contribution in [2.75, 3.05) is 19.6 Å². The topological polar surface area (TPSA) is 75.1 Å². The summed E-state index contributed by atoms with van der Waals surface area (Å²) < 4.78 is 1.76. The third-order valence-electron chi connectivity index (χ3n) is 4.17. The minimum absolute atomic E-state index is 0.0832. The molecule has 2 N–H and O–H groups in total. The van der Waals surface area contributed by atoms with Crippen LogP contribution in [0.3, 0.4) is 0 Å². The summed E-state index contributed by atoms with van der Waals surface area (Å²) in [7, 11) is 0. The summed E-state index contributed by atoms with van der Waals surface area (Å²) in [6.45, 7) is 4.26. The molecule has 0 aliphatic carbocycles. The van der Waals surface area contributed by atoms with Gasteiger partial charge in [-0.3, -0.25) is 9.58 Å². The minimum Gasteiger partial charge on any atom is -0.338 e. The molecule has 7 heteroatoms. The Hall–Kier alpha value is -2.41. The molecule has 3 rings (SSSR count). The molecule has 2 amide bonds. The molecular formula is C17H24N6O. The highest BCUT2D eigenvalue weighted by Crippen LogP contribution is 2.13. The number of hydrogen-bond donors (Lipinski definition) is 2. The maximum absolute atomic E-state index is 11.9. The SMILES string of the molecule is O=C(NCCCn1cncn1)N[C@H]1CCN(Cc2ccccc2)C1. The number of nitrogens with zero attached hydrogens (tertiary/aromatic N) is 4. The van der Waals surface area contributed by atoms with Crippen LogP contribution in [0.4, 0.5) is 4.79 Å². The lowest BCUT2D eigenvalue weighted by Crippen LogP contribution is -2.43. The lowest BCUT2D eigenvalue weighted by Gasteiger charge is -2.17. The first kappa shape index (κ1) is 16.4. The predicted octanol–water partition coefficient (Wildman–Crippen LogP) is 1.24. The van der Waals surface area contributed by atoms with E-state index in [9.17, 15) is 4.79 Å². The number of carbonyl (C=O) groups excluding carboxylic acids is 1. The van der Waals surface area contributed by atoms with Gasteiger partial charge in [-0.05, 0) is 18.4 Å². The lowest BCUT2D eigenvalue weighted by atomic mass is 10.2. The fraction of sp³-hybridized carbons (Fsp3) is 0.471. The minimum atomic E-state index is -0.0832. The molecular weight excluding hydrogens is 304 g/mol. The van der Waals surface area contributed by atoms with Crippen LogP contribution in [-0.2, 0) is 13.1 Å². The molecule has 0 spiro atoms. The number of likely N-dealkylation sites (tertiary alicyclic amines) is 1. The molecule has 1 aromatic carbocycles. The summed E-state index contributed by atoms with van der Waals surface area (Å²) in [5.74, 6) is 0. The lowest BCUT2D eigenvalue weighted by molar-refractivity contribution is 0.235. The highest BCUT2D eigenvalue weighted by molar-refractivity contribution is 5.74. The third-order valence-corrected chi connectivity index (χ3v) is 4.17. The van der Waals surface area contributed by atoms with Crippen molar-refractivity contribution < 1.29 is 4.79 Å². The van der Waals surface area contributed by atoms with Gasteiger partial charge in [-0.1, -0.05) is 30.3 Å². The smallest absolute Gasteiger partial charge is 0.315 e. The normalized spacial score (nSPS) is 17.8. The van der Waals surface area contributed by atoms with Gasteiger partial charge in [0.2, 0.25) is 0 Å². The Morgan fingerprint density at radius 2 is 2.17 bits per heavy atom. The summed E-state index contributed by atoms with van der Waals surface area (Å²) >= 11 is 0. The van der Waals surface area contributed by atoms with Crippen LogP contribution < -0.4 is 10.6 Å². The number of aryl methyl sites for hydroxylation is 1. The average Bonchev–Trinajstić information content (AvgIpc) is 3.25. The van der Waals surface area contributed by atoms with E-state index in [1.807, 2.05) is 6.07 Å². The van der Waals surface area contributed by atoms with E-state index < -0.39 is 0 Å². The number of carbonyl (C=O) groups is 1. The van der Waals surface area contributed by atoms with Gasteiger partial charge in [-0.2, -0.15) is 5.10 Å². The van der Waals surface area contributed by atoms with Gasteiger partial charge in [0.05, 0.1) is 0 Å². The van der Waals surface area contributed by atoms with E-state index in [0.717, 1.165) is 39.0 Å². The maximum Gasteiger partial charge on any atom is 0.315 e. The van der Waals surface area contributed by atoms with E-state index in [2.05, 4.69) is 49.9 Å². The van der Waals surface area contributed by atoms with Crippen molar-refractivity contribution in [2.24, 2.45) is 0 Å². The van der Waals surface area contributed by atoms with E-state index in [1.54, 1.807) is 11.0 Å².